The number of nitrogens with zero attached hydrogens (tertiary/aromatic N) is 2. The molecule has 1 aliphatic rings. The summed E-state index contributed by atoms with van der Waals surface area (Å²) in [5.74, 6) is -0.117. The van der Waals surface area contributed by atoms with Crippen molar-refractivity contribution < 1.29 is 14.3 Å². The van der Waals surface area contributed by atoms with E-state index in [4.69, 9.17) is 4.74 Å². The molecule has 2 atom stereocenters. The van der Waals surface area contributed by atoms with E-state index in [2.05, 4.69) is 42.1 Å². The van der Waals surface area contributed by atoms with Crippen LogP contribution < -0.4 is 5.32 Å². The first-order valence-electron chi connectivity index (χ1n) is 11.6. The molecule has 4 rings (SSSR count). The minimum absolute atomic E-state index is 0.0454. The Morgan fingerprint density at radius 1 is 1.09 bits per heavy atom. The van der Waals surface area contributed by atoms with Gasteiger partial charge in [-0.05, 0) is 30.0 Å². The van der Waals surface area contributed by atoms with Crippen molar-refractivity contribution in [3.63, 3.8) is 0 Å². The van der Waals surface area contributed by atoms with Crippen molar-refractivity contribution in [3.8, 4) is 0 Å². The zero-order valence-corrected chi connectivity index (χ0v) is 19.9. The van der Waals surface area contributed by atoms with Crippen molar-refractivity contribution in [2.24, 2.45) is 13.0 Å². The predicted octanol–water partition coefficient (Wildman–Crippen LogP) is 4.27. The van der Waals surface area contributed by atoms with Gasteiger partial charge in [0.2, 0.25) is 5.91 Å². The number of amides is 2. The molecule has 0 bridgehead atoms. The van der Waals surface area contributed by atoms with Gasteiger partial charge in [-0.15, -0.1) is 0 Å². The minimum atomic E-state index is -0.506. The second kappa shape index (κ2) is 9.79. The van der Waals surface area contributed by atoms with Crippen LogP contribution in [-0.4, -0.2) is 48.1 Å². The summed E-state index contributed by atoms with van der Waals surface area (Å²) in [5.41, 5.74) is 3.44. The van der Waals surface area contributed by atoms with E-state index in [-0.39, 0.29) is 11.8 Å². The molecule has 0 saturated heterocycles. The summed E-state index contributed by atoms with van der Waals surface area (Å²) >= 11 is 0. The zero-order chi connectivity index (χ0) is 23.5. The van der Waals surface area contributed by atoms with Gasteiger partial charge in [-0.3, -0.25) is 9.59 Å². The van der Waals surface area contributed by atoms with Crippen LogP contribution in [0.3, 0.4) is 0 Å². The third kappa shape index (κ3) is 4.40. The summed E-state index contributed by atoms with van der Waals surface area (Å²) in [6.07, 6.45) is 2.97. The third-order valence-electron chi connectivity index (χ3n) is 6.52. The number of carbonyl (C=O) groups excluding carboxylic acids is 2. The molecule has 0 saturated carbocycles. The Balaban J connectivity index is 1.87. The molecular formula is C27H33N3O3. The van der Waals surface area contributed by atoms with Gasteiger partial charge in [-0.25, -0.2) is 0 Å². The highest BCUT2D eigenvalue weighted by Crippen LogP contribution is 2.45. The molecule has 1 aliphatic heterocycles. The SMILES string of the molecule is COCCN1C(=O)c2ccccc2C(C(=O)NCCC(C)C)C1c1cn(C)c2ccccc12. The van der Waals surface area contributed by atoms with Crippen LogP contribution in [-0.2, 0) is 16.6 Å². The highest BCUT2D eigenvalue weighted by molar-refractivity contribution is 6.02. The number of carbonyl (C=O) groups is 2. The number of benzene rings is 2. The van der Waals surface area contributed by atoms with E-state index in [1.165, 1.54) is 0 Å². The number of hydrogen-bond donors (Lipinski definition) is 1. The van der Waals surface area contributed by atoms with E-state index in [0.29, 0.717) is 31.2 Å². The van der Waals surface area contributed by atoms with E-state index >= 15 is 0 Å². The highest BCUT2D eigenvalue weighted by Gasteiger charge is 2.44. The fourth-order valence-corrected chi connectivity index (χ4v) is 4.86. The van der Waals surface area contributed by atoms with Crippen LogP contribution in [0.15, 0.2) is 54.7 Å². The molecule has 2 aromatic carbocycles. The summed E-state index contributed by atoms with van der Waals surface area (Å²) in [5, 5.41) is 4.21. The van der Waals surface area contributed by atoms with E-state index < -0.39 is 12.0 Å². The Labute approximate surface area is 195 Å². The van der Waals surface area contributed by atoms with Gasteiger partial charge in [-0.1, -0.05) is 50.2 Å². The molecule has 2 heterocycles. The maximum atomic E-state index is 13.7. The number of para-hydroxylation sites is 1. The number of nitrogens with one attached hydrogen (secondary N) is 1. The second-order valence-electron chi connectivity index (χ2n) is 9.19. The fraction of sp³-hybridized carbons (Fsp3) is 0.407. The lowest BCUT2D eigenvalue weighted by atomic mass is 9.79. The van der Waals surface area contributed by atoms with Crippen molar-refractivity contribution in [1.82, 2.24) is 14.8 Å². The first-order chi connectivity index (χ1) is 15.9. The van der Waals surface area contributed by atoms with Gasteiger partial charge in [0.05, 0.1) is 18.6 Å². The quantitative estimate of drug-likeness (QED) is 0.561. The largest absolute Gasteiger partial charge is 0.383 e. The van der Waals surface area contributed by atoms with Crippen LogP contribution in [0.2, 0.25) is 0 Å². The molecule has 0 aliphatic carbocycles. The first kappa shape index (κ1) is 23.1. The van der Waals surface area contributed by atoms with Crippen LogP contribution >= 0.6 is 0 Å². The average molecular weight is 448 g/mol. The summed E-state index contributed by atoms with van der Waals surface area (Å²) in [4.78, 5) is 29.2. The number of aromatic nitrogens is 1. The molecule has 0 radical (unpaired) electrons. The van der Waals surface area contributed by atoms with Gasteiger partial charge in [0.25, 0.3) is 5.91 Å². The molecule has 6 heteroatoms. The Morgan fingerprint density at radius 3 is 2.58 bits per heavy atom. The van der Waals surface area contributed by atoms with Gasteiger partial charge >= 0.3 is 0 Å². The number of methoxy groups -OCH3 is 1. The molecule has 6 nitrogen and oxygen atoms in total. The standard InChI is InChI=1S/C27H33N3O3/c1-18(2)13-14-28-26(31)24-20-10-5-6-11-21(20)27(32)30(15-16-33-4)25(24)22-17-29(3)23-12-8-7-9-19(22)23/h5-12,17-18,24-25H,13-16H2,1-4H3,(H,28,31). The molecule has 2 unspecified atom stereocenters. The predicted molar refractivity (Wildman–Crippen MR) is 130 cm³/mol. The molecule has 1 aromatic heterocycles. The molecule has 1 N–H and O–H groups in total. The maximum Gasteiger partial charge on any atom is 0.254 e. The Bertz CT molecular complexity index is 1150. The molecule has 2 amide bonds. The molecule has 33 heavy (non-hydrogen) atoms. The Kier molecular flexibility index (Phi) is 6.84. The first-order valence-corrected chi connectivity index (χ1v) is 11.6. The summed E-state index contributed by atoms with van der Waals surface area (Å²) in [6.45, 7) is 5.71. The van der Waals surface area contributed by atoms with Gasteiger partial charge < -0.3 is 19.5 Å². The van der Waals surface area contributed by atoms with Gasteiger partial charge in [-0.2, -0.15) is 0 Å². The van der Waals surface area contributed by atoms with Crippen LogP contribution in [0.1, 0.15) is 53.7 Å². The van der Waals surface area contributed by atoms with Crippen LogP contribution in [0, 0.1) is 5.92 Å². The molecule has 0 spiro atoms. The van der Waals surface area contributed by atoms with Crippen molar-refractivity contribution in [2.75, 3.05) is 26.8 Å². The third-order valence-corrected chi connectivity index (χ3v) is 6.52. The van der Waals surface area contributed by atoms with Crippen molar-refractivity contribution >= 4 is 22.7 Å². The van der Waals surface area contributed by atoms with Gasteiger partial charge in [0, 0.05) is 55.5 Å². The van der Waals surface area contributed by atoms with E-state index in [9.17, 15) is 9.59 Å². The van der Waals surface area contributed by atoms with Gasteiger partial charge in [0.15, 0.2) is 0 Å². The van der Waals surface area contributed by atoms with Crippen LogP contribution in [0.25, 0.3) is 10.9 Å². The summed E-state index contributed by atoms with van der Waals surface area (Å²) < 4.78 is 7.41. The highest BCUT2D eigenvalue weighted by atomic mass is 16.5. The normalized spacial score (nSPS) is 18.1. The molecular weight excluding hydrogens is 414 g/mol. The van der Waals surface area contributed by atoms with E-state index in [1.54, 1.807) is 7.11 Å². The lowest BCUT2D eigenvalue weighted by Crippen LogP contribution is -2.48. The molecule has 174 valence electrons. The van der Waals surface area contributed by atoms with E-state index in [0.717, 1.165) is 28.5 Å². The fourth-order valence-electron chi connectivity index (χ4n) is 4.86. The van der Waals surface area contributed by atoms with Crippen molar-refractivity contribution in [3.05, 3.63) is 71.4 Å². The number of fused-ring (bicyclic) bond motifs is 2. The molecule has 3 aromatic rings. The maximum absolute atomic E-state index is 13.7. The number of aryl methyl sites for hydroxylation is 1. The summed E-state index contributed by atoms with van der Waals surface area (Å²) in [7, 11) is 3.63. The number of hydrogen-bond acceptors (Lipinski definition) is 3. The minimum Gasteiger partial charge on any atom is -0.383 e. The Morgan fingerprint density at radius 2 is 1.82 bits per heavy atom. The lowest BCUT2D eigenvalue weighted by Gasteiger charge is -2.41. The Hall–Kier alpha value is -3.12. The van der Waals surface area contributed by atoms with Crippen LogP contribution in [0.4, 0.5) is 0 Å². The average Bonchev–Trinajstić information content (AvgIpc) is 3.14. The summed E-state index contributed by atoms with van der Waals surface area (Å²) in [6, 6.07) is 15.2. The smallest absolute Gasteiger partial charge is 0.254 e. The number of ether oxygens (including phenoxy) is 1. The van der Waals surface area contributed by atoms with Crippen molar-refractivity contribution in [2.45, 2.75) is 32.2 Å². The molecule has 0 fully saturated rings. The van der Waals surface area contributed by atoms with Crippen molar-refractivity contribution in [1.29, 1.82) is 0 Å². The monoisotopic (exact) mass is 447 g/mol. The topological polar surface area (TPSA) is 63.6 Å². The van der Waals surface area contributed by atoms with Gasteiger partial charge in [0.1, 0.15) is 0 Å². The number of rotatable bonds is 8. The lowest BCUT2D eigenvalue weighted by molar-refractivity contribution is -0.124. The second-order valence-corrected chi connectivity index (χ2v) is 9.19. The van der Waals surface area contributed by atoms with E-state index in [1.807, 2.05) is 48.3 Å². The zero-order valence-electron chi connectivity index (χ0n) is 19.9. The van der Waals surface area contributed by atoms with Crippen LogP contribution in [0.5, 0.6) is 0 Å².